The molecule has 0 aliphatic carbocycles. The second kappa shape index (κ2) is 18.4. The number of nitrogen functional groups attached to an aromatic ring is 1. The van der Waals surface area contributed by atoms with Gasteiger partial charge in [-0.05, 0) is 67.1 Å². The second-order valence-electron chi connectivity index (χ2n) is 16.5. The first-order valence-corrected chi connectivity index (χ1v) is 22.0. The zero-order chi connectivity index (χ0) is 45.1. The van der Waals surface area contributed by atoms with Gasteiger partial charge < -0.3 is 54.5 Å². The number of pyridine rings is 1. The van der Waals surface area contributed by atoms with Crippen molar-refractivity contribution < 1.29 is 23.7 Å². The fourth-order valence-electron chi connectivity index (χ4n) is 8.61. The van der Waals surface area contributed by atoms with E-state index in [-0.39, 0.29) is 17.2 Å². The maximum atomic E-state index is 12.5. The van der Waals surface area contributed by atoms with Crippen LogP contribution in [0.3, 0.4) is 0 Å². The van der Waals surface area contributed by atoms with E-state index in [0.29, 0.717) is 88.0 Å². The summed E-state index contributed by atoms with van der Waals surface area (Å²) < 4.78 is 28.8. The summed E-state index contributed by atoms with van der Waals surface area (Å²) in [7, 11) is 1.64. The molecule has 4 aliphatic rings. The van der Waals surface area contributed by atoms with Crippen LogP contribution in [0.2, 0.25) is 0 Å². The molecule has 11 rings (SSSR count). The van der Waals surface area contributed by atoms with E-state index in [1.54, 1.807) is 13.3 Å². The lowest BCUT2D eigenvalue weighted by atomic mass is 9.97. The Morgan fingerprint density at radius 2 is 1.21 bits per heavy atom. The largest absolute Gasteiger partial charge is 0.495 e. The summed E-state index contributed by atoms with van der Waals surface area (Å²) in [5, 5.41) is 3.55. The molecule has 16 heteroatoms. The number of aromatic amines is 2. The van der Waals surface area contributed by atoms with Crippen LogP contribution in [0.15, 0.2) is 113 Å². The van der Waals surface area contributed by atoms with Gasteiger partial charge in [0.2, 0.25) is 0 Å². The molecule has 2 saturated heterocycles. The van der Waals surface area contributed by atoms with Crippen LogP contribution in [-0.4, -0.2) is 84.6 Å². The van der Waals surface area contributed by atoms with Gasteiger partial charge in [-0.1, -0.05) is 24.3 Å². The van der Waals surface area contributed by atoms with E-state index < -0.39 is 0 Å². The van der Waals surface area contributed by atoms with Gasteiger partial charge in [-0.2, -0.15) is 0 Å². The SMILES string of the molecule is COc1cncc(C(C)Nc2ccc3c(c2)Cc2cccc(-c4nc(N5CCOCC5)cc(=O)[nH]4)c2O3)c1.Nc1ccc2c(c1)Cc1cccc(-c3nc(N4CCOCC4)cc(=O)[nH]3)c1O2. The van der Waals surface area contributed by atoms with Crippen LogP contribution in [-0.2, 0) is 22.3 Å². The number of anilines is 4. The Balaban J connectivity index is 0.000000162. The molecule has 1 atom stereocenters. The van der Waals surface area contributed by atoms with E-state index >= 15 is 0 Å². The summed E-state index contributed by atoms with van der Waals surface area (Å²) in [5.41, 5.74) is 14.0. The fraction of sp³-hybridized carbons (Fsp3) is 0.260. The zero-order valence-corrected chi connectivity index (χ0v) is 36.6. The predicted molar refractivity (Wildman–Crippen MR) is 253 cm³/mol. The lowest BCUT2D eigenvalue weighted by Gasteiger charge is -2.28. The third-order valence-electron chi connectivity index (χ3n) is 12.0. The molecule has 0 radical (unpaired) electrons. The first-order valence-electron chi connectivity index (χ1n) is 22.0. The van der Waals surface area contributed by atoms with Crippen LogP contribution in [0.1, 0.15) is 40.8 Å². The van der Waals surface area contributed by atoms with Crippen molar-refractivity contribution >= 4 is 23.0 Å². The van der Waals surface area contributed by atoms with Crippen LogP contribution in [0.25, 0.3) is 22.8 Å². The highest BCUT2D eigenvalue weighted by Gasteiger charge is 2.25. The number of hydrogen-bond acceptors (Lipinski definition) is 14. The predicted octanol–water partition coefficient (Wildman–Crippen LogP) is 7.10. The number of benzene rings is 4. The van der Waals surface area contributed by atoms with E-state index in [2.05, 4.69) is 49.1 Å². The number of hydrogen-bond donors (Lipinski definition) is 4. The average molecular weight is 888 g/mol. The minimum absolute atomic E-state index is 0.0423. The Morgan fingerprint density at radius 1 is 0.667 bits per heavy atom. The number of aromatic nitrogens is 5. The number of fused-ring (bicyclic) bond motifs is 4. The number of nitrogens with zero attached hydrogens (tertiary/aromatic N) is 5. The summed E-state index contributed by atoms with van der Waals surface area (Å²) in [6.07, 6.45) is 4.96. The maximum Gasteiger partial charge on any atom is 0.253 e. The molecule has 4 aromatic carbocycles. The van der Waals surface area contributed by atoms with Crippen molar-refractivity contribution in [3.05, 3.63) is 152 Å². The Kier molecular flexibility index (Phi) is 11.8. The van der Waals surface area contributed by atoms with E-state index in [0.717, 1.165) is 79.8 Å². The maximum absolute atomic E-state index is 12.5. The van der Waals surface area contributed by atoms with E-state index in [1.165, 1.54) is 12.1 Å². The zero-order valence-electron chi connectivity index (χ0n) is 36.6. The third-order valence-corrected chi connectivity index (χ3v) is 12.0. The van der Waals surface area contributed by atoms with Crippen molar-refractivity contribution in [2.75, 3.05) is 80.6 Å². The molecule has 5 N–H and O–H groups in total. The molecule has 7 aromatic rings. The minimum Gasteiger partial charge on any atom is -0.495 e. The van der Waals surface area contributed by atoms with Gasteiger partial charge >= 0.3 is 0 Å². The monoisotopic (exact) mass is 887 g/mol. The fourth-order valence-corrected chi connectivity index (χ4v) is 8.61. The summed E-state index contributed by atoms with van der Waals surface area (Å²) in [6, 6.07) is 28.7. The molecule has 16 nitrogen and oxygen atoms in total. The molecule has 66 heavy (non-hydrogen) atoms. The number of H-pyrrole nitrogens is 2. The van der Waals surface area contributed by atoms with Crippen molar-refractivity contribution in [2.45, 2.75) is 25.8 Å². The molecule has 0 amide bonds. The molecule has 1 unspecified atom stereocenters. The molecule has 2 fully saturated rings. The molecule has 0 saturated carbocycles. The first-order chi connectivity index (χ1) is 32.2. The molecule has 0 spiro atoms. The van der Waals surface area contributed by atoms with E-state index in [9.17, 15) is 9.59 Å². The average Bonchev–Trinajstić information content (AvgIpc) is 3.35. The summed E-state index contributed by atoms with van der Waals surface area (Å²) in [5.74, 6) is 6.05. The van der Waals surface area contributed by atoms with Gasteiger partial charge in [0.05, 0.1) is 56.9 Å². The number of nitrogens with one attached hydrogen (secondary N) is 3. The van der Waals surface area contributed by atoms with Crippen LogP contribution in [0.4, 0.5) is 23.0 Å². The van der Waals surface area contributed by atoms with Crippen LogP contribution in [0.5, 0.6) is 28.7 Å². The Hall–Kier alpha value is -7.69. The van der Waals surface area contributed by atoms with E-state index in [1.807, 2.05) is 72.9 Å². The molecule has 4 aliphatic heterocycles. The standard InChI is InChI=1S/C29H29N5O4.C21H20N4O3/c1-18(21-14-23(36-2)17-30-16-21)31-22-6-7-25-20(13-22)12-19-4-3-5-24(28(19)38-25)29-32-26(15-27(35)33-29)34-8-10-37-11-9-34;22-15-4-5-17-14(11-15)10-13-2-1-3-16(20(13)28-17)21-23-18(12-19(26)24-21)25-6-8-27-9-7-25/h3-7,13-18,31H,8-12H2,1-2H3,(H,32,33,35);1-5,11-12H,6-10,22H2,(H,23,24,26). The van der Waals surface area contributed by atoms with Gasteiger partial charge in [0, 0.05) is 91.0 Å². The number of nitrogens with two attached hydrogens (primary N) is 1. The molecular weight excluding hydrogens is 839 g/mol. The van der Waals surface area contributed by atoms with Crippen LogP contribution < -0.4 is 46.2 Å². The van der Waals surface area contributed by atoms with E-state index in [4.69, 9.17) is 39.4 Å². The number of ether oxygens (including phenoxy) is 5. The smallest absolute Gasteiger partial charge is 0.253 e. The third kappa shape index (κ3) is 9.01. The van der Waals surface area contributed by atoms with Gasteiger partial charge in [-0.3, -0.25) is 14.6 Å². The molecule has 3 aromatic heterocycles. The van der Waals surface area contributed by atoms with Gasteiger partial charge in [0.1, 0.15) is 52.0 Å². The minimum atomic E-state index is -0.193. The van der Waals surface area contributed by atoms with Crippen molar-refractivity contribution in [1.82, 2.24) is 24.9 Å². The molecule has 7 heterocycles. The topological polar surface area (TPSA) is 195 Å². The van der Waals surface area contributed by atoms with Crippen LogP contribution in [0, 0.1) is 0 Å². The normalized spacial score (nSPS) is 15.3. The highest BCUT2D eigenvalue weighted by atomic mass is 16.5. The Bertz CT molecular complexity index is 3030. The van der Waals surface area contributed by atoms with Gasteiger partial charge in [0.25, 0.3) is 11.1 Å². The Morgan fingerprint density at radius 3 is 1.77 bits per heavy atom. The molecule has 336 valence electrons. The summed E-state index contributed by atoms with van der Waals surface area (Å²) in [6.45, 7) is 7.44. The van der Waals surface area contributed by atoms with Gasteiger partial charge in [-0.25, -0.2) is 9.97 Å². The van der Waals surface area contributed by atoms with Crippen molar-refractivity contribution in [2.24, 2.45) is 0 Å². The van der Waals surface area contributed by atoms with Gasteiger partial charge in [-0.15, -0.1) is 0 Å². The number of methoxy groups -OCH3 is 1. The van der Waals surface area contributed by atoms with Crippen LogP contribution >= 0.6 is 0 Å². The van der Waals surface area contributed by atoms with Crippen molar-refractivity contribution in [1.29, 1.82) is 0 Å². The lowest BCUT2D eigenvalue weighted by molar-refractivity contribution is 0.122. The lowest BCUT2D eigenvalue weighted by Crippen LogP contribution is -2.37. The van der Waals surface area contributed by atoms with Gasteiger partial charge in [0.15, 0.2) is 0 Å². The number of rotatable bonds is 8. The Labute approximate surface area is 380 Å². The number of morpholine rings is 2. The quantitative estimate of drug-likeness (QED) is 0.113. The van der Waals surface area contributed by atoms with Crippen molar-refractivity contribution in [3.8, 4) is 51.5 Å². The molecule has 0 bridgehead atoms. The molecular formula is C50H49N9O7. The highest BCUT2D eigenvalue weighted by Crippen LogP contribution is 2.44. The van der Waals surface area contributed by atoms with Crippen molar-refractivity contribution in [3.63, 3.8) is 0 Å². The first kappa shape index (κ1) is 42.3. The second-order valence-corrected chi connectivity index (χ2v) is 16.5. The summed E-state index contributed by atoms with van der Waals surface area (Å²) >= 11 is 0. The number of para-hydroxylation sites is 2. The summed E-state index contributed by atoms with van der Waals surface area (Å²) in [4.78, 5) is 48.5. The highest BCUT2D eigenvalue weighted by molar-refractivity contribution is 5.72.